The molecule has 1 aromatic heterocycles. The van der Waals surface area contributed by atoms with Crippen molar-refractivity contribution in [3.63, 3.8) is 0 Å². The van der Waals surface area contributed by atoms with E-state index in [1.165, 1.54) is 11.2 Å². The summed E-state index contributed by atoms with van der Waals surface area (Å²) in [5, 5.41) is 3.65. The number of esters is 1. The molecule has 7 nitrogen and oxygen atoms in total. The molecule has 2 heterocycles. The molecule has 3 aromatic rings. The highest BCUT2D eigenvalue weighted by Crippen LogP contribution is 2.31. The molecule has 0 radical (unpaired) electrons. The van der Waals surface area contributed by atoms with Crippen molar-refractivity contribution in [1.29, 1.82) is 0 Å². The Morgan fingerprint density at radius 3 is 2.87 bits per heavy atom. The Labute approximate surface area is 173 Å². The minimum absolute atomic E-state index is 0.00945. The molecule has 1 atom stereocenters. The Bertz CT molecular complexity index is 1130. The zero-order valence-corrected chi connectivity index (χ0v) is 16.8. The maximum atomic E-state index is 12.9. The topological polar surface area (TPSA) is 88.9 Å². The fourth-order valence-electron chi connectivity index (χ4n) is 3.71. The number of nitrogens with zero attached hydrogens (tertiary/aromatic N) is 1. The zero-order valence-electron chi connectivity index (χ0n) is 16.8. The predicted molar refractivity (Wildman–Crippen MR) is 112 cm³/mol. The molecule has 1 aliphatic heterocycles. The molecule has 4 rings (SSSR count). The van der Waals surface area contributed by atoms with Crippen LogP contribution in [0.4, 0.5) is 11.4 Å². The molecular weight excluding hydrogens is 384 g/mol. The monoisotopic (exact) mass is 406 g/mol. The molecule has 0 spiro atoms. The van der Waals surface area contributed by atoms with Gasteiger partial charge in [-0.1, -0.05) is 24.3 Å². The van der Waals surface area contributed by atoms with Gasteiger partial charge < -0.3 is 19.4 Å². The van der Waals surface area contributed by atoms with Gasteiger partial charge in [0.15, 0.2) is 6.61 Å². The number of carbonyl (C=O) groups is 3. The van der Waals surface area contributed by atoms with Gasteiger partial charge >= 0.3 is 5.97 Å². The van der Waals surface area contributed by atoms with E-state index in [-0.39, 0.29) is 30.7 Å². The fourth-order valence-corrected chi connectivity index (χ4v) is 3.71. The number of nitrogens with one attached hydrogen (secondary N) is 1. The van der Waals surface area contributed by atoms with Crippen molar-refractivity contribution >= 4 is 40.1 Å². The van der Waals surface area contributed by atoms with Crippen LogP contribution < -0.4 is 10.2 Å². The number of carbonyl (C=O) groups excluding carboxylic acids is 3. The lowest BCUT2D eigenvalue weighted by Crippen LogP contribution is -2.41. The minimum atomic E-state index is -0.517. The summed E-state index contributed by atoms with van der Waals surface area (Å²) in [4.78, 5) is 38.8. The maximum Gasteiger partial charge on any atom is 0.310 e. The molecule has 0 fully saturated rings. The van der Waals surface area contributed by atoms with Crippen LogP contribution in [0.15, 0.2) is 53.1 Å². The van der Waals surface area contributed by atoms with Gasteiger partial charge in [0, 0.05) is 23.4 Å². The third-order valence-electron chi connectivity index (χ3n) is 5.13. The van der Waals surface area contributed by atoms with Crippen molar-refractivity contribution in [2.75, 3.05) is 16.8 Å². The predicted octanol–water partition coefficient (Wildman–Crippen LogP) is 3.59. The maximum absolute atomic E-state index is 12.9. The lowest BCUT2D eigenvalue weighted by molar-refractivity contribution is -0.147. The molecule has 0 aliphatic carbocycles. The molecule has 2 aromatic carbocycles. The number of hydrogen-bond acceptors (Lipinski definition) is 5. The Balaban J connectivity index is 1.45. The highest BCUT2D eigenvalue weighted by molar-refractivity contribution is 6.05. The van der Waals surface area contributed by atoms with Gasteiger partial charge in [-0.05, 0) is 37.6 Å². The highest BCUT2D eigenvalue weighted by Gasteiger charge is 2.30. The number of amides is 2. The van der Waals surface area contributed by atoms with Gasteiger partial charge in [0.05, 0.1) is 24.1 Å². The summed E-state index contributed by atoms with van der Waals surface area (Å²) in [6, 6.07) is 12.5. The summed E-state index contributed by atoms with van der Waals surface area (Å²) in [5.74, 6) is -1.06. The molecular formula is C23H22N2O5. The Hall–Kier alpha value is -3.61. The molecule has 0 saturated heterocycles. The smallest absolute Gasteiger partial charge is 0.310 e. The Kier molecular flexibility index (Phi) is 5.27. The first-order valence-electron chi connectivity index (χ1n) is 9.75. The van der Waals surface area contributed by atoms with E-state index in [0.29, 0.717) is 22.5 Å². The average Bonchev–Trinajstić information content (AvgIpc) is 3.03. The van der Waals surface area contributed by atoms with Gasteiger partial charge in [0.2, 0.25) is 5.91 Å². The summed E-state index contributed by atoms with van der Waals surface area (Å²) in [6.45, 7) is 3.36. The second-order valence-corrected chi connectivity index (χ2v) is 7.48. The van der Waals surface area contributed by atoms with Crippen LogP contribution in [0.2, 0.25) is 0 Å². The fraction of sp³-hybridized carbons (Fsp3) is 0.261. The summed E-state index contributed by atoms with van der Waals surface area (Å²) < 4.78 is 10.8. The second-order valence-electron chi connectivity index (χ2n) is 7.48. The third kappa shape index (κ3) is 3.91. The molecule has 0 bridgehead atoms. The number of para-hydroxylation sites is 2. The number of rotatable bonds is 4. The van der Waals surface area contributed by atoms with Gasteiger partial charge in [0.1, 0.15) is 5.58 Å². The number of aryl methyl sites for hydroxylation is 1. The summed E-state index contributed by atoms with van der Waals surface area (Å²) in [6.07, 6.45) is 1.71. The van der Waals surface area contributed by atoms with Crippen LogP contribution >= 0.6 is 0 Å². The number of hydrogen-bond donors (Lipinski definition) is 1. The van der Waals surface area contributed by atoms with Crippen LogP contribution in [0.3, 0.4) is 0 Å². The summed E-state index contributed by atoms with van der Waals surface area (Å²) in [7, 11) is 0. The summed E-state index contributed by atoms with van der Waals surface area (Å²) >= 11 is 0. The third-order valence-corrected chi connectivity index (χ3v) is 5.13. The lowest BCUT2D eigenvalue weighted by Gasteiger charge is -2.27. The number of ether oxygens (including phenoxy) is 1. The van der Waals surface area contributed by atoms with Gasteiger partial charge in [0.25, 0.3) is 5.91 Å². The molecule has 7 heteroatoms. The normalized spacial score (nSPS) is 16.0. The Morgan fingerprint density at radius 1 is 1.23 bits per heavy atom. The van der Waals surface area contributed by atoms with E-state index in [9.17, 15) is 14.4 Å². The van der Waals surface area contributed by atoms with Crippen molar-refractivity contribution in [3.8, 4) is 0 Å². The van der Waals surface area contributed by atoms with Gasteiger partial charge in [-0.15, -0.1) is 0 Å². The first-order chi connectivity index (χ1) is 14.4. The number of anilines is 2. The van der Waals surface area contributed by atoms with Crippen molar-refractivity contribution in [1.82, 2.24) is 0 Å². The van der Waals surface area contributed by atoms with Gasteiger partial charge in [-0.25, -0.2) is 0 Å². The van der Waals surface area contributed by atoms with Crippen LogP contribution in [-0.4, -0.2) is 30.4 Å². The van der Waals surface area contributed by atoms with E-state index < -0.39 is 12.6 Å². The average molecular weight is 406 g/mol. The van der Waals surface area contributed by atoms with Crippen LogP contribution in [-0.2, 0) is 25.5 Å². The van der Waals surface area contributed by atoms with Crippen LogP contribution in [0.1, 0.15) is 24.5 Å². The van der Waals surface area contributed by atoms with Crippen LogP contribution in [0.25, 0.3) is 11.0 Å². The van der Waals surface area contributed by atoms with Crippen molar-refractivity contribution in [3.05, 3.63) is 59.9 Å². The van der Waals surface area contributed by atoms with Crippen molar-refractivity contribution in [2.45, 2.75) is 32.7 Å². The molecule has 0 unspecified atom stereocenters. The van der Waals surface area contributed by atoms with Crippen molar-refractivity contribution in [2.24, 2.45) is 0 Å². The number of furan rings is 1. The van der Waals surface area contributed by atoms with E-state index in [0.717, 1.165) is 10.9 Å². The van der Waals surface area contributed by atoms with Crippen LogP contribution in [0.5, 0.6) is 0 Å². The van der Waals surface area contributed by atoms with E-state index in [1.54, 1.807) is 31.2 Å². The van der Waals surface area contributed by atoms with E-state index in [4.69, 9.17) is 9.15 Å². The molecule has 2 amide bonds. The van der Waals surface area contributed by atoms with E-state index >= 15 is 0 Å². The SMILES string of the molecule is Cc1ccc2c(CC(=O)OCC(=O)N3c4ccccc4NC(=O)C[C@@H]3C)coc2c1. The van der Waals surface area contributed by atoms with E-state index in [2.05, 4.69) is 5.32 Å². The quantitative estimate of drug-likeness (QED) is 0.669. The molecule has 1 N–H and O–H groups in total. The summed E-state index contributed by atoms with van der Waals surface area (Å²) in [5.41, 5.74) is 3.64. The lowest BCUT2D eigenvalue weighted by atomic mass is 10.1. The molecule has 1 aliphatic rings. The molecule has 30 heavy (non-hydrogen) atoms. The first kappa shape index (κ1) is 19.7. The van der Waals surface area contributed by atoms with E-state index in [1.807, 2.05) is 25.1 Å². The Morgan fingerprint density at radius 2 is 2.03 bits per heavy atom. The van der Waals surface area contributed by atoms with Gasteiger partial charge in [-0.3, -0.25) is 14.4 Å². The standard InChI is InChI=1S/C23H22N2O5/c1-14-7-8-17-16(12-29-20(17)9-14)11-23(28)30-13-22(27)25-15(2)10-21(26)24-18-5-3-4-6-19(18)25/h3-9,12,15H,10-11,13H2,1-2H3,(H,24,26)/t15-/m0/s1. The molecule has 0 saturated carbocycles. The zero-order chi connectivity index (χ0) is 21.3. The van der Waals surface area contributed by atoms with Crippen LogP contribution in [0, 0.1) is 6.92 Å². The largest absolute Gasteiger partial charge is 0.464 e. The number of fused-ring (bicyclic) bond motifs is 2. The minimum Gasteiger partial charge on any atom is -0.464 e. The first-order valence-corrected chi connectivity index (χ1v) is 9.75. The highest BCUT2D eigenvalue weighted by atomic mass is 16.5. The second kappa shape index (κ2) is 8.02. The van der Waals surface area contributed by atoms with Crippen molar-refractivity contribution < 1.29 is 23.5 Å². The molecule has 154 valence electrons. The van der Waals surface area contributed by atoms with Gasteiger partial charge in [-0.2, -0.15) is 0 Å². The number of benzene rings is 2.